The van der Waals surface area contributed by atoms with Crippen LogP contribution in [0.3, 0.4) is 0 Å². The number of nitrogens with two attached hydrogens (primary N) is 1. The van der Waals surface area contributed by atoms with E-state index in [4.69, 9.17) is 10.5 Å². The highest BCUT2D eigenvalue weighted by Gasteiger charge is 2.15. The lowest BCUT2D eigenvalue weighted by Gasteiger charge is -2.08. The molecule has 1 saturated heterocycles. The molecule has 1 heterocycles. The van der Waals surface area contributed by atoms with Gasteiger partial charge in [-0.1, -0.05) is 0 Å². The number of nitrogen functional groups attached to an aromatic ring is 1. The zero-order chi connectivity index (χ0) is 9.80. The summed E-state index contributed by atoms with van der Waals surface area (Å²) in [4.78, 5) is 1.27. The summed E-state index contributed by atoms with van der Waals surface area (Å²) < 4.78 is 5.55. The summed E-state index contributed by atoms with van der Waals surface area (Å²) in [6.07, 6.45) is 2.88. The van der Waals surface area contributed by atoms with Gasteiger partial charge in [-0.25, -0.2) is 0 Å². The Kier molecular flexibility index (Phi) is 3.32. The number of thioether (sulfide) groups is 1. The molecule has 0 amide bonds. The van der Waals surface area contributed by atoms with Crippen LogP contribution in [0.1, 0.15) is 12.8 Å². The van der Waals surface area contributed by atoms with Crippen molar-refractivity contribution in [2.75, 3.05) is 18.1 Å². The molecule has 1 aromatic carbocycles. The molecule has 2 rings (SSSR count). The van der Waals surface area contributed by atoms with Crippen LogP contribution in [0.25, 0.3) is 0 Å². The van der Waals surface area contributed by atoms with Gasteiger partial charge in [0, 0.05) is 22.9 Å². The van der Waals surface area contributed by atoms with Crippen LogP contribution in [-0.2, 0) is 4.74 Å². The van der Waals surface area contributed by atoms with E-state index in [2.05, 4.69) is 12.1 Å². The lowest BCUT2D eigenvalue weighted by Crippen LogP contribution is -2.07. The minimum Gasteiger partial charge on any atom is -0.399 e. The maximum Gasteiger partial charge on any atom is 0.0669 e. The minimum absolute atomic E-state index is 0.456. The van der Waals surface area contributed by atoms with Crippen LogP contribution in [0, 0.1) is 0 Å². The zero-order valence-electron chi connectivity index (χ0n) is 8.11. The van der Waals surface area contributed by atoms with Crippen molar-refractivity contribution in [3.05, 3.63) is 24.3 Å². The second-order valence-electron chi connectivity index (χ2n) is 3.52. The van der Waals surface area contributed by atoms with Gasteiger partial charge in [-0.15, -0.1) is 11.8 Å². The SMILES string of the molecule is Nc1ccc(SCC2CCCO2)cc1. The van der Waals surface area contributed by atoms with Gasteiger partial charge in [-0.05, 0) is 37.1 Å². The molecule has 0 bridgehead atoms. The Hall–Kier alpha value is -0.670. The predicted octanol–water partition coefficient (Wildman–Crippen LogP) is 2.54. The molecule has 0 spiro atoms. The highest BCUT2D eigenvalue weighted by molar-refractivity contribution is 7.99. The summed E-state index contributed by atoms with van der Waals surface area (Å²) in [5, 5.41) is 0. The van der Waals surface area contributed by atoms with E-state index in [1.54, 1.807) is 0 Å². The number of rotatable bonds is 3. The van der Waals surface area contributed by atoms with E-state index in [0.29, 0.717) is 6.10 Å². The Balaban J connectivity index is 1.82. The first-order valence-corrected chi connectivity index (χ1v) is 5.93. The molecule has 14 heavy (non-hydrogen) atoms. The Labute approximate surface area is 88.8 Å². The summed E-state index contributed by atoms with van der Waals surface area (Å²) in [5.74, 6) is 1.06. The molecule has 0 radical (unpaired) electrons. The van der Waals surface area contributed by atoms with Gasteiger partial charge in [-0.3, -0.25) is 0 Å². The van der Waals surface area contributed by atoms with Crippen LogP contribution in [0.5, 0.6) is 0 Å². The van der Waals surface area contributed by atoms with Crippen molar-refractivity contribution in [3.8, 4) is 0 Å². The molecule has 1 unspecified atom stereocenters. The van der Waals surface area contributed by atoms with E-state index < -0.39 is 0 Å². The molecule has 2 nitrogen and oxygen atoms in total. The van der Waals surface area contributed by atoms with Crippen molar-refractivity contribution in [2.24, 2.45) is 0 Å². The number of anilines is 1. The first-order chi connectivity index (χ1) is 6.84. The smallest absolute Gasteiger partial charge is 0.0669 e. The summed E-state index contributed by atoms with van der Waals surface area (Å²) in [6.45, 7) is 0.937. The molecule has 3 heteroatoms. The Morgan fingerprint density at radius 3 is 2.79 bits per heavy atom. The van der Waals surface area contributed by atoms with Crippen LogP contribution in [0.4, 0.5) is 5.69 Å². The molecular formula is C11H15NOS. The third-order valence-corrected chi connectivity index (χ3v) is 3.48. The largest absolute Gasteiger partial charge is 0.399 e. The second kappa shape index (κ2) is 4.71. The van der Waals surface area contributed by atoms with E-state index in [1.807, 2.05) is 23.9 Å². The zero-order valence-corrected chi connectivity index (χ0v) is 8.93. The van der Waals surface area contributed by atoms with Gasteiger partial charge < -0.3 is 10.5 Å². The van der Waals surface area contributed by atoms with Crippen LogP contribution in [0.15, 0.2) is 29.2 Å². The van der Waals surface area contributed by atoms with Crippen LogP contribution >= 0.6 is 11.8 Å². The maximum atomic E-state index is 5.61. The van der Waals surface area contributed by atoms with E-state index in [0.717, 1.165) is 18.0 Å². The minimum atomic E-state index is 0.456. The predicted molar refractivity (Wildman–Crippen MR) is 60.6 cm³/mol. The van der Waals surface area contributed by atoms with Crippen LogP contribution in [-0.4, -0.2) is 18.5 Å². The molecule has 1 atom stereocenters. The highest BCUT2D eigenvalue weighted by Crippen LogP contribution is 2.24. The average Bonchev–Trinajstić information content (AvgIpc) is 2.70. The molecule has 76 valence electrons. The summed E-state index contributed by atoms with van der Waals surface area (Å²) >= 11 is 1.85. The molecule has 1 aliphatic heterocycles. The summed E-state index contributed by atoms with van der Waals surface area (Å²) in [6, 6.07) is 8.01. The standard InChI is InChI=1S/C11H15NOS/c12-9-3-5-11(6-4-9)14-8-10-2-1-7-13-10/h3-6,10H,1-2,7-8,12H2. The van der Waals surface area contributed by atoms with E-state index in [-0.39, 0.29) is 0 Å². The van der Waals surface area contributed by atoms with Gasteiger partial charge >= 0.3 is 0 Å². The summed E-state index contributed by atoms with van der Waals surface area (Å²) in [5.41, 5.74) is 6.44. The molecule has 1 aliphatic rings. The van der Waals surface area contributed by atoms with Crippen molar-refractivity contribution in [2.45, 2.75) is 23.8 Å². The maximum absolute atomic E-state index is 5.61. The quantitative estimate of drug-likeness (QED) is 0.613. The first kappa shape index (κ1) is 9.87. The fraction of sp³-hybridized carbons (Fsp3) is 0.455. The summed E-state index contributed by atoms with van der Waals surface area (Å²) in [7, 11) is 0. The Bertz CT molecular complexity index is 280. The molecule has 0 aliphatic carbocycles. The highest BCUT2D eigenvalue weighted by atomic mass is 32.2. The van der Waals surface area contributed by atoms with Gasteiger partial charge in [0.25, 0.3) is 0 Å². The number of hydrogen-bond donors (Lipinski definition) is 1. The van der Waals surface area contributed by atoms with E-state index in [9.17, 15) is 0 Å². The van der Waals surface area contributed by atoms with Gasteiger partial charge in [0.05, 0.1) is 6.10 Å². The van der Waals surface area contributed by atoms with Crippen molar-refractivity contribution in [1.29, 1.82) is 0 Å². The van der Waals surface area contributed by atoms with Crippen molar-refractivity contribution in [1.82, 2.24) is 0 Å². The lowest BCUT2D eigenvalue weighted by molar-refractivity contribution is 0.129. The second-order valence-corrected chi connectivity index (χ2v) is 4.61. The molecular weight excluding hydrogens is 194 g/mol. The normalized spacial score (nSPS) is 21.3. The third kappa shape index (κ3) is 2.66. The van der Waals surface area contributed by atoms with Crippen molar-refractivity contribution < 1.29 is 4.74 Å². The molecule has 2 N–H and O–H groups in total. The fourth-order valence-electron chi connectivity index (χ4n) is 1.53. The van der Waals surface area contributed by atoms with E-state index in [1.165, 1.54) is 17.7 Å². The van der Waals surface area contributed by atoms with E-state index >= 15 is 0 Å². The van der Waals surface area contributed by atoms with Crippen LogP contribution < -0.4 is 5.73 Å². The topological polar surface area (TPSA) is 35.2 Å². The first-order valence-electron chi connectivity index (χ1n) is 4.94. The van der Waals surface area contributed by atoms with Gasteiger partial charge in [0.1, 0.15) is 0 Å². The third-order valence-electron chi connectivity index (χ3n) is 2.34. The number of hydrogen-bond acceptors (Lipinski definition) is 3. The molecule has 1 fully saturated rings. The number of benzene rings is 1. The average molecular weight is 209 g/mol. The Morgan fingerprint density at radius 1 is 1.36 bits per heavy atom. The molecule has 1 aromatic rings. The Morgan fingerprint density at radius 2 is 2.14 bits per heavy atom. The number of ether oxygens (including phenoxy) is 1. The monoisotopic (exact) mass is 209 g/mol. The van der Waals surface area contributed by atoms with Gasteiger partial charge in [0.2, 0.25) is 0 Å². The van der Waals surface area contributed by atoms with Crippen LogP contribution in [0.2, 0.25) is 0 Å². The molecule has 0 saturated carbocycles. The van der Waals surface area contributed by atoms with Crippen molar-refractivity contribution in [3.63, 3.8) is 0 Å². The van der Waals surface area contributed by atoms with Gasteiger partial charge in [-0.2, -0.15) is 0 Å². The van der Waals surface area contributed by atoms with Gasteiger partial charge in [0.15, 0.2) is 0 Å². The van der Waals surface area contributed by atoms with Crippen molar-refractivity contribution >= 4 is 17.4 Å². The lowest BCUT2D eigenvalue weighted by atomic mass is 10.3. The fourth-order valence-corrected chi connectivity index (χ4v) is 2.50. The molecule has 0 aromatic heterocycles.